The van der Waals surface area contributed by atoms with E-state index in [4.69, 9.17) is 9.47 Å². The van der Waals surface area contributed by atoms with E-state index < -0.39 is 5.54 Å². The molecule has 0 unspecified atom stereocenters. The number of hydrogen-bond acceptors (Lipinski definition) is 5. The number of nitrogens with one attached hydrogen (secondary N) is 1. The fourth-order valence-electron chi connectivity index (χ4n) is 4.67. The van der Waals surface area contributed by atoms with Crippen molar-refractivity contribution in [3.05, 3.63) is 51.7 Å². The van der Waals surface area contributed by atoms with Crippen molar-refractivity contribution in [3.63, 3.8) is 0 Å². The number of thiophene rings is 1. The number of hydrogen-bond donors (Lipinski definition) is 1. The summed E-state index contributed by atoms with van der Waals surface area (Å²) in [4.78, 5) is 31.6. The summed E-state index contributed by atoms with van der Waals surface area (Å²) in [6, 6.07) is 9.60. The molecule has 2 aliphatic heterocycles. The molecule has 1 saturated heterocycles. The Morgan fingerprint density at radius 2 is 2.06 bits per heavy atom. The molecule has 35 heavy (non-hydrogen) atoms. The second kappa shape index (κ2) is 11.0. The van der Waals surface area contributed by atoms with Crippen molar-refractivity contribution in [1.82, 2.24) is 15.1 Å². The van der Waals surface area contributed by atoms with E-state index in [1.54, 1.807) is 16.2 Å². The van der Waals surface area contributed by atoms with Gasteiger partial charge in [-0.15, -0.1) is 11.3 Å². The van der Waals surface area contributed by atoms with E-state index in [0.29, 0.717) is 26.3 Å². The van der Waals surface area contributed by atoms with E-state index in [2.05, 4.69) is 16.8 Å². The summed E-state index contributed by atoms with van der Waals surface area (Å²) in [5.74, 6) is 0.758. The van der Waals surface area contributed by atoms with Gasteiger partial charge in [0, 0.05) is 30.1 Å². The highest BCUT2D eigenvalue weighted by molar-refractivity contribution is 7.10. The first-order valence-corrected chi connectivity index (χ1v) is 13.3. The highest BCUT2D eigenvalue weighted by Gasteiger charge is 2.35. The van der Waals surface area contributed by atoms with Crippen molar-refractivity contribution < 1.29 is 19.1 Å². The average Bonchev–Trinajstić information content (AvgIpc) is 3.48. The average molecular weight is 500 g/mol. The molecule has 7 nitrogen and oxygen atoms in total. The Morgan fingerprint density at radius 1 is 1.26 bits per heavy atom. The Morgan fingerprint density at radius 3 is 2.77 bits per heavy atom. The van der Waals surface area contributed by atoms with Crippen LogP contribution < -0.4 is 10.1 Å². The van der Waals surface area contributed by atoms with Crippen molar-refractivity contribution >= 4 is 23.3 Å². The highest BCUT2D eigenvalue weighted by Crippen LogP contribution is 2.34. The van der Waals surface area contributed by atoms with Crippen LogP contribution in [0.2, 0.25) is 0 Å². The van der Waals surface area contributed by atoms with Gasteiger partial charge in [0.05, 0.1) is 12.1 Å². The fraction of sp³-hybridized carbons (Fsp3) is 0.556. The quantitative estimate of drug-likeness (QED) is 0.607. The van der Waals surface area contributed by atoms with Gasteiger partial charge in [-0.1, -0.05) is 18.2 Å². The number of carbonyl (C=O) groups is 2. The van der Waals surface area contributed by atoms with E-state index in [0.717, 1.165) is 36.1 Å². The first kappa shape index (κ1) is 25.5. The molecule has 1 fully saturated rings. The zero-order valence-electron chi connectivity index (χ0n) is 21.2. The molecule has 1 N–H and O–H groups in total. The van der Waals surface area contributed by atoms with Crippen LogP contribution in [-0.2, 0) is 16.0 Å². The summed E-state index contributed by atoms with van der Waals surface area (Å²) in [6.07, 6.45) is 2.68. The summed E-state index contributed by atoms with van der Waals surface area (Å²) in [5.41, 5.74) is 1.82. The summed E-state index contributed by atoms with van der Waals surface area (Å²) in [7, 11) is 0. The minimum absolute atomic E-state index is 0.0160. The minimum Gasteiger partial charge on any atom is -0.491 e. The van der Waals surface area contributed by atoms with Gasteiger partial charge in [0.2, 0.25) is 5.91 Å². The fourth-order valence-corrected chi connectivity index (χ4v) is 5.60. The van der Waals surface area contributed by atoms with Crippen LogP contribution in [0.3, 0.4) is 0 Å². The molecule has 2 atom stereocenters. The van der Waals surface area contributed by atoms with E-state index in [-0.39, 0.29) is 30.6 Å². The lowest BCUT2D eigenvalue weighted by Crippen LogP contribution is -2.54. The van der Waals surface area contributed by atoms with Crippen LogP contribution in [0.4, 0.5) is 4.79 Å². The summed E-state index contributed by atoms with van der Waals surface area (Å²) in [6.45, 7) is 9.97. The maximum Gasteiger partial charge on any atom is 0.318 e. The summed E-state index contributed by atoms with van der Waals surface area (Å²) < 4.78 is 12.0. The molecular formula is C27H37N3O4S. The van der Waals surface area contributed by atoms with Gasteiger partial charge in [0.25, 0.3) is 0 Å². The van der Waals surface area contributed by atoms with Crippen molar-refractivity contribution in [1.29, 1.82) is 0 Å². The number of ether oxygens (including phenoxy) is 2. The zero-order chi connectivity index (χ0) is 25.0. The molecule has 8 heteroatoms. The molecule has 0 aliphatic carbocycles. The number of aryl methyl sites for hydroxylation is 1. The van der Waals surface area contributed by atoms with Crippen LogP contribution in [-0.4, -0.2) is 66.2 Å². The molecule has 3 heterocycles. The van der Waals surface area contributed by atoms with Crippen LogP contribution in [0.25, 0.3) is 0 Å². The maximum atomic E-state index is 13.7. The molecule has 0 saturated carbocycles. The number of fused-ring (bicyclic) bond motifs is 1. The smallest absolute Gasteiger partial charge is 0.318 e. The maximum absolute atomic E-state index is 13.7. The van der Waals surface area contributed by atoms with E-state index in [1.165, 1.54) is 4.88 Å². The Kier molecular flexibility index (Phi) is 8.02. The summed E-state index contributed by atoms with van der Waals surface area (Å²) >= 11 is 1.73. The van der Waals surface area contributed by atoms with Crippen molar-refractivity contribution in [2.45, 2.75) is 64.6 Å². The second-order valence-electron chi connectivity index (χ2n) is 10.4. The Balaban J connectivity index is 1.51. The lowest BCUT2D eigenvalue weighted by molar-refractivity contribution is -0.135. The molecule has 3 amide bonds. The number of urea groups is 1. The lowest BCUT2D eigenvalue weighted by atomic mass is 10.00. The van der Waals surface area contributed by atoms with Gasteiger partial charge in [0.1, 0.15) is 18.9 Å². The topological polar surface area (TPSA) is 71.1 Å². The minimum atomic E-state index is -0.393. The van der Waals surface area contributed by atoms with Crippen molar-refractivity contribution in [2.24, 2.45) is 0 Å². The van der Waals surface area contributed by atoms with Crippen LogP contribution in [0, 0.1) is 6.92 Å². The standard InChI is InChI=1S/C27H37N3O4S/c1-19-8-5-6-10-23(19)34-18-22-21-12-15-35-24(21)11-13-30(22)25(31)17-29(16-20-9-7-14-33-20)26(32)28-27(2,3)4/h5-6,8,10,12,15,20,22H,7,9,11,13-14,16-18H2,1-4H3,(H,28,32)/t20-,22-/m0/s1. The van der Waals surface area contributed by atoms with Gasteiger partial charge >= 0.3 is 6.03 Å². The van der Waals surface area contributed by atoms with Crippen molar-refractivity contribution in [3.8, 4) is 5.75 Å². The molecule has 1 aromatic carbocycles. The van der Waals surface area contributed by atoms with Gasteiger partial charge in [0.15, 0.2) is 0 Å². The number of carbonyl (C=O) groups excluding carboxylic acids is 2. The third kappa shape index (κ3) is 6.55. The molecule has 190 valence electrons. The SMILES string of the molecule is Cc1ccccc1OC[C@H]1c2ccsc2CCN1C(=O)CN(C[C@@H]1CCCO1)C(=O)NC(C)(C)C. The Labute approximate surface area is 212 Å². The third-order valence-electron chi connectivity index (χ3n) is 6.45. The first-order valence-electron chi connectivity index (χ1n) is 12.4. The van der Waals surface area contributed by atoms with Crippen LogP contribution in [0.1, 0.15) is 55.7 Å². The number of rotatable bonds is 7. The molecular weight excluding hydrogens is 462 g/mol. The molecule has 0 spiro atoms. The molecule has 2 aliphatic rings. The second-order valence-corrected chi connectivity index (χ2v) is 11.4. The van der Waals surface area contributed by atoms with E-state index >= 15 is 0 Å². The van der Waals surface area contributed by atoms with Gasteiger partial charge in [-0.25, -0.2) is 4.79 Å². The first-order chi connectivity index (χ1) is 16.7. The predicted molar refractivity (Wildman–Crippen MR) is 138 cm³/mol. The van der Waals surface area contributed by atoms with Gasteiger partial charge in [-0.05, 0) is 75.6 Å². The van der Waals surface area contributed by atoms with E-state index in [9.17, 15) is 9.59 Å². The van der Waals surface area contributed by atoms with Crippen LogP contribution in [0.5, 0.6) is 5.75 Å². The number of amides is 3. The molecule has 0 bridgehead atoms. The zero-order valence-corrected chi connectivity index (χ0v) is 22.0. The summed E-state index contributed by atoms with van der Waals surface area (Å²) in [5, 5.41) is 5.10. The number of nitrogens with zero attached hydrogens (tertiary/aromatic N) is 2. The van der Waals surface area contributed by atoms with Gasteiger partial charge < -0.3 is 24.6 Å². The number of para-hydroxylation sites is 1. The van der Waals surface area contributed by atoms with Crippen LogP contribution in [0.15, 0.2) is 35.7 Å². The lowest BCUT2D eigenvalue weighted by Gasteiger charge is -2.37. The monoisotopic (exact) mass is 499 g/mol. The normalized spacial score (nSPS) is 19.8. The van der Waals surface area contributed by atoms with E-state index in [1.807, 2.05) is 56.9 Å². The highest BCUT2D eigenvalue weighted by atomic mass is 32.1. The van der Waals surface area contributed by atoms with Crippen LogP contribution >= 0.6 is 11.3 Å². The van der Waals surface area contributed by atoms with Gasteiger partial charge in [-0.2, -0.15) is 0 Å². The largest absolute Gasteiger partial charge is 0.491 e. The predicted octanol–water partition coefficient (Wildman–Crippen LogP) is 4.55. The molecule has 4 rings (SSSR count). The Hall–Kier alpha value is -2.58. The molecule has 0 radical (unpaired) electrons. The van der Waals surface area contributed by atoms with Gasteiger partial charge in [-0.3, -0.25) is 4.79 Å². The molecule has 2 aromatic rings. The Bertz CT molecular complexity index is 1030. The van der Waals surface area contributed by atoms with Crippen molar-refractivity contribution in [2.75, 3.05) is 32.8 Å². The molecule has 1 aromatic heterocycles. The number of benzene rings is 1. The third-order valence-corrected chi connectivity index (χ3v) is 7.45.